The number of ether oxygens (including phenoxy) is 1. The van der Waals surface area contributed by atoms with Gasteiger partial charge in [-0.1, -0.05) is 12.1 Å². The van der Waals surface area contributed by atoms with Crippen molar-refractivity contribution in [2.75, 3.05) is 51.7 Å². The minimum Gasteiger partial charge on any atom is -0.495 e. The topological polar surface area (TPSA) is 36.5 Å². The normalized spacial score (nSPS) is 16.5. The predicted octanol–water partition coefficient (Wildman–Crippen LogP) is 1.40. The number of benzene rings is 1. The average molecular weight is 249 g/mol. The second-order valence-electron chi connectivity index (χ2n) is 4.57. The van der Waals surface area contributed by atoms with E-state index in [1.165, 1.54) is 19.6 Å². The fourth-order valence-electron chi connectivity index (χ4n) is 2.25. The van der Waals surface area contributed by atoms with Crippen molar-refractivity contribution in [2.45, 2.75) is 6.42 Å². The van der Waals surface area contributed by atoms with Gasteiger partial charge in [0.1, 0.15) is 5.75 Å². The van der Waals surface area contributed by atoms with E-state index in [0.29, 0.717) is 0 Å². The molecule has 0 atom stereocenters. The van der Waals surface area contributed by atoms with E-state index >= 15 is 0 Å². The van der Waals surface area contributed by atoms with Gasteiger partial charge in [-0.2, -0.15) is 0 Å². The molecule has 0 unspecified atom stereocenters. The summed E-state index contributed by atoms with van der Waals surface area (Å²) in [6.07, 6.45) is 1.16. The standard InChI is InChI=1S/C14H23N3O/c1-18-14-6-3-2-5-13(14)16-7-4-10-17-11-8-15-9-12-17/h2-3,5-6,15-16H,4,7-12H2,1H3. The molecule has 4 nitrogen and oxygen atoms in total. The van der Waals surface area contributed by atoms with Gasteiger partial charge in [0.2, 0.25) is 0 Å². The summed E-state index contributed by atoms with van der Waals surface area (Å²) in [5.74, 6) is 0.916. The van der Waals surface area contributed by atoms with Crippen molar-refractivity contribution in [3.63, 3.8) is 0 Å². The molecule has 1 fully saturated rings. The van der Waals surface area contributed by atoms with E-state index in [4.69, 9.17) is 4.74 Å². The van der Waals surface area contributed by atoms with Gasteiger partial charge in [0, 0.05) is 32.7 Å². The van der Waals surface area contributed by atoms with E-state index in [1.807, 2.05) is 18.2 Å². The molecule has 0 aromatic heterocycles. The van der Waals surface area contributed by atoms with Crippen LogP contribution in [-0.2, 0) is 0 Å². The molecule has 1 heterocycles. The number of nitrogens with zero attached hydrogens (tertiary/aromatic N) is 1. The van der Waals surface area contributed by atoms with Crippen LogP contribution in [0.15, 0.2) is 24.3 Å². The predicted molar refractivity (Wildman–Crippen MR) is 75.4 cm³/mol. The third-order valence-electron chi connectivity index (χ3n) is 3.28. The first-order valence-electron chi connectivity index (χ1n) is 6.70. The summed E-state index contributed by atoms with van der Waals surface area (Å²) in [6, 6.07) is 8.06. The van der Waals surface area contributed by atoms with E-state index < -0.39 is 0 Å². The molecule has 18 heavy (non-hydrogen) atoms. The lowest BCUT2D eigenvalue weighted by molar-refractivity contribution is 0.240. The average Bonchev–Trinajstić information content (AvgIpc) is 2.45. The van der Waals surface area contributed by atoms with Gasteiger partial charge >= 0.3 is 0 Å². The number of nitrogens with one attached hydrogen (secondary N) is 2. The minimum atomic E-state index is 0.916. The van der Waals surface area contributed by atoms with Crippen LogP contribution in [-0.4, -0.2) is 51.3 Å². The molecular weight excluding hydrogens is 226 g/mol. The largest absolute Gasteiger partial charge is 0.495 e. The second kappa shape index (κ2) is 7.24. The maximum atomic E-state index is 5.31. The number of piperazine rings is 1. The Morgan fingerprint density at radius 3 is 2.83 bits per heavy atom. The molecule has 1 aliphatic heterocycles. The van der Waals surface area contributed by atoms with Crippen LogP contribution in [0, 0.1) is 0 Å². The lowest BCUT2D eigenvalue weighted by Crippen LogP contribution is -2.44. The highest BCUT2D eigenvalue weighted by Gasteiger charge is 2.08. The molecule has 2 N–H and O–H groups in total. The lowest BCUT2D eigenvalue weighted by Gasteiger charge is -2.27. The molecule has 0 spiro atoms. The van der Waals surface area contributed by atoms with Gasteiger partial charge < -0.3 is 20.3 Å². The molecule has 0 amide bonds. The Bertz CT molecular complexity index is 351. The van der Waals surface area contributed by atoms with Crippen LogP contribution in [0.3, 0.4) is 0 Å². The summed E-state index contributed by atoms with van der Waals surface area (Å²) in [6.45, 7) is 6.76. The maximum absolute atomic E-state index is 5.31. The molecule has 0 saturated carbocycles. The first-order valence-corrected chi connectivity index (χ1v) is 6.70. The van der Waals surface area contributed by atoms with Crippen molar-refractivity contribution in [3.05, 3.63) is 24.3 Å². The molecule has 2 rings (SSSR count). The SMILES string of the molecule is COc1ccccc1NCCCN1CCNCC1. The number of hydrogen-bond acceptors (Lipinski definition) is 4. The van der Waals surface area contributed by atoms with E-state index in [0.717, 1.165) is 37.5 Å². The lowest BCUT2D eigenvalue weighted by atomic mass is 10.2. The van der Waals surface area contributed by atoms with Gasteiger partial charge in [-0.05, 0) is 25.1 Å². The molecule has 1 aromatic rings. The van der Waals surface area contributed by atoms with Crippen molar-refractivity contribution in [2.24, 2.45) is 0 Å². The van der Waals surface area contributed by atoms with Crippen molar-refractivity contribution in [1.82, 2.24) is 10.2 Å². The number of hydrogen-bond donors (Lipinski definition) is 2. The number of anilines is 1. The maximum Gasteiger partial charge on any atom is 0.141 e. The minimum absolute atomic E-state index is 0.916. The summed E-state index contributed by atoms with van der Waals surface area (Å²) >= 11 is 0. The summed E-state index contributed by atoms with van der Waals surface area (Å²) in [4.78, 5) is 2.51. The Balaban J connectivity index is 1.68. The first-order chi connectivity index (χ1) is 8.90. The van der Waals surface area contributed by atoms with Gasteiger partial charge in [-0.25, -0.2) is 0 Å². The summed E-state index contributed by atoms with van der Waals surface area (Å²) < 4.78 is 5.31. The highest BCUT2D eigenvalue weighted by Crippen LogP contribution is 2.22. The third-order valence-corrected chi connectivity index (χ3v) is 3.28. The molecule has 0 aliphatic carbocycles. The number of para-hydroxylation sites is 2. The Labute approximate surface area is 109 Å². The van der Waals surface area contributed by atoms with Crippen molar-refractivity contribution in [3.8, 4) is 5.75 Å². The Morgan fingerprint density at radius 1 is 1.28 bits per heavy atom. The van der Waals surface area contributed by atoms with Crippen LogP contribution in [0.2, 0.25) is 0 Å². The van der Waals surface area contributed by atoms with Gasteiger partial charge in [0.05, 0.1) is 12.8 Å². The molecule has 1 saturated heterocycles. The molecular formula is C14H23N3O. The van der Waals surface area contributed by atoms with Crippen LogP contribution in [0.1, 0.15) is 6.42 Å². The van der Waals surface area contributed by atoms with Crippen LogP contribution in [0.4, 0.5) is 5.69 Å². The molecule has 4 heteroatoms. The zero-order valence-electron chi connectivity index (χ0n) is 11.1. The van der Waals surface area contributed by atoms with Crippen LogP contribution < -0.4 is 15.4 Å². The highest BCUT2D eigenvalue weighted by atomic mass is 16.5. The molecule has 0 bridgehead atoms. The Morgan fingerprint density at radius 2 is 2.06 bits per heavy atom. The zero-order valence-corrected chi connectivity index (χ0v) is 11.1. The fourth-order valence-corrected chi connectivity index (χ4v) is 2.25. The van der Waals surface area contributed by atoms with Crippen molar-refractivity contribution < 1.29 is 4.74 Å². The smallest absolute Gasteiger partial charge is 0.141 e. The van der Waals surface area contributed by atoms with Crippen LogP contribution in [0.25, 0.3) is 0 Å². The second-order valence-corrected chi connectivity index (χ2v) is 4.57. The first kappa shape index (κ1) is 13.2. The van der Waals surface area contributed by atoms with Crippen molar-refractivity contribution >= 4 is 5.69 Å². The summed E-state index contributed by atoms with van der Waals surface area (Å²) in [7, 11) is 1.71. The van der Waals surface area contributed by atoms with E-state index in [1.54, 1.807) is 7.11 Å². The number of rotatable bonds is 6. The van der Waals surface area contributed by atoms with Gasteiger partial charge in [-0.3, -0.25) is 0 Å². The molecule has 1 aliphatic rings. The fraction of sp³-hybridized carbons (Fsp3) is 0.571. The Kier molecular flexibility index (Phi) is 5.30. The zero-order chi connectivity index (χ0) is 12.6. The van der Waals surface area contributed by atoms with Gasteiger partial charge in [-0.15, -0.1) is 0 Å². The van der Waals surface area contributed by atoms with Crippen LogP contribution >= 0.6 is 0 Å². The quantitative estimate of drug-likeness (QED) is 0.747. The number of methoxy groups -OCH3 is 1. The highest BCUT2D eigenvalue weighted by molar-refractivity contribution is 5.55. The van der Waals surface area contributed by atoms with E-state index in [2.05, 4.69) is 21.6 Å². The molecule has 1 aromatic carbocycles. The third kappa shape index (κ3) is 3.89. The van der Waals surface area contributed by atoms with E-state index in [9.17, 15) is 0 Å². The summed E-state index contributed by atoms with van der Waals surface area (Å²) in [5, 5.41) is 6.81. The van der Waals surface area contributed by atoms with Crippen LogP contribution in [0.5, 0.6) is 5.75 Å². The summed E-state index contributed by atoms with van der Waals surface area (Å²) in [5.41, 5.74) is 1.08. The molecule has 100 valence electrons. The van der Waals surface area contributed by atoms with E-state index in [-0.39, 0.29) is 0 Å². The van der Waals surface area contributed by atoms with Gasteiger partial charge in [0.25, 0.3) is 0 Å². The van der Waals surface area contributed by atoms with Crippen molar-refractivity contribution in [1.29, 1.82) is 0 Å². The molecule has 0 radical (unpaired) electrons. The Hall–Kier alpha value is -1.26. The monoisotopic (exact) mass is 249 g/mol. The van der Waals surface area contributed by atoms with Gasteiger partial charge in [0.15, 0.2) is 0 Å².